The minimum absolute atomic E-state index is 0.161. The van der Waals surface area contributed by atoms with E-state index in [1.165, 1.54) is 5.56 Å². The summed E-state index contributed by atoms with van der Waals surface area (Å²) in [4.78, 5) is 17.8. The summed E-state index contributed by atoms with van der Waals surface area (Å²) in [5, 5.41) is 1.10. The van der Waals surface area contributed by atoms with Crippen LogP contribution < -0.4 is 0 Å². The number of hydrogen-bond donors (Lipinski definition) is 0. The first-order chi connectivity index (χ1) is 10.8. The van der Waals surface area contributed by atoms with E-state index in [9.17, 15) is 4.79 Å². The van der Waals surface area contributed by atoms with Crippen molar-refractivity contribution in [2.75, 3.05) is 5.75 Å². The third-order valence-corrected chi connectivity index (χ3v) is 4.73. The van der Waals surface area contributed by atoms with Crippen molar-refractivity contribution in [2.24, 2.45) is 0 Å². The molecule has 3 aromatic rings. The van der Waals surface area contributed by atoms with Gasteiger partial charge in [-0.25, -0.2) is 0 Å². The largest absolute Gasteiger partial charge is 0.293 e. The number of benzene rings is 2. The van der Waals surface area contributed by atoms with Crippen molar-refractivity contribution < 1.29 is 4.79 Å². The molecule has 1 heterocycles. The number of aromatic nitrogens is 1. The summed E-state index contributed by atoms with van der Waals surface area (Å²) in [5.74, 6) is 0.605. The van der Waals surface area contributed by atoms with Gasteiger partial charge in [-0.15, -0.1) is 11.8 Å². The Balaban J connectivity index is 1.74. The van der Waals surface area contributed by atoms with Crippen molar-refractivity contribution in [3.05, 3.63) is 71.9 Å². The maximum Gasteiger partial charge on any atom is 0.173 e. The SMILES string of the molecule is CCc1ccc(C(=O)CSc2ccnc3ccccc23)cc1. The minimum atomic E-state index is 0.161. The van der Waals surface area contributed by atoms with Gasteiger partial charge in [0.15, 0.2) is 5.78 Å². The highest BCUT2D eigenvalue weighted by Crippen LogP contribution is 2.27. The third-order valence-electron chi connectivity index (χ3n) is 3.65. The van der Waals surface area contributed by atoms with E-state index in [2.05, 4.69) is 11.9 Å². The van der Waals surface area contributed by atoms with Gasteiger partial charge in [0.1, 0.15) is 0 Å². The smallest absolute Gasteiger partial charge is 0.173 e. The first-order valence-corrected chi connectivity index (χ1v) is 8.35. The molecule has 0 radical (unpaired) electrons. The van der Waals surface area contributed by atoms with E-state index in [1.807, 2.05) is 54.6 Å². The molecule has 0 aliphatic heterocycles. The van der Waals surface area contributed by atoms with Crippen LogP contribution >= 0.6 is 11.8 Å². The third kappa shape index (κ3) is 3.20. The Morgan fingerprint density at radius 3 is 2.59 bits per heavy atom. The number of carbonyl (C=O) groups is 1. The van der Waals surface area contributed by atoms with Crippen LogP contribution in [0, 0.1) is 0 Å². The molecule has 0 spiro atoms. The van der Waals surface area contributed by atoms with Crippen molar-refractivity contribution in [3.8, 4) is 0 Å². The summed E-state index contributed by atoms with van der Waals surface area (Å²) in [7, 11) is 0. The van der Waals surface area contributed by atoms with Gasteiger partial charge in [0.25, 0.3) is 0 Å². The second-order valence-corrected chi connectivity index (χ2v) is 6.11. The first-order valence-electron chi connectivity index (χ1n) is 7.36. The molecule has 22 heavy (non-hydrogen) atoms. The van der Waals surface area contributed by atoms with E-state index in [1.54, 1.807) is 18.0 Å². The van der Waals surface area contributed by atoms with Gasteiger partial charge in [0.2, 0.25) is 0 Å². The highest BCUT2D eigenvalue weighted by Gasteiger charge is 2.08. The van der Waals surface area contributed by atoms with Crippen LogP contribution in [0.15, 0.2) is 65.7 Å². The number of fused-ring (bicyclic) bond motifs is 1. The average molecular weight is 307 g/mol. The van der Waals surface area contributed by atoms with E-state index in [4.69, 9.17) is 0 Å². The molecule has 0 aliphatic rings. The van der Waals surface area contributed by atoms with Crippen LogP contribution in [-0.2, 0) is 6.42 Å². The lowest BCUT2D eigenvalue weighted by Gasteiger charge is -2.06. The number of Topliss-reactive ketones (excluding diaryl/α,β-unsaturated/α-hetero) is 1. The quantitative estimate of drug-likeness (QED) is 0.502. The Bertz CT molecular complexity index is 791. The second-order valence-electron chi connectivity index (χ2n) is 5.09. The molecule has 3 heteroatoms. The number of thioether (sulfide) groups is 1. The van der Waals surface area contributed by atoms with E-state index in [0.717, 1.165) is 27.8 Å². The molecule has 0 unspecified atom stereocenters. The number of carbonyl (C=O) groups excluding carboxylic acids is 1. The van der Waals surface area contributed by atoms with Crippen LogP contribution in [-0.4, -0.2) is 16.5 Å². The van der Waals surface area contributed by atoms with Crippen LogP contribution in [0.5, 0.6) is 0 Å². The summed E-state index contributed by atoms with van der Waals surface area (Å²) in [6.45, 7) is 2.11. The van der Waals surface area contributed by atoms with Gasteiger partial charge in [-0.3, -0.25) is 9.78 Å². The molecule has 0 N–H and O–H groups in total. The Morgan fingerprint density at radius 1 is 1.05 bits per heavy atom. The minimum Gasteiger partial charge on any atom is -0.293 e. The van der Waals surface area contributed by atoms with Gasteiger partial charge in [0, 0.05) is 22.0 Å². The zero-order chi connectivity index (χ0) is 15.4. The fourth-order valence-electron chi connectivity index (χ4n) is 2.35. The molecule has 1 aromatic heterocycles. The molecular formula is C19H17NOS. The summed E-state index contributed by atoms with van der Waals surface area (Å²) < 4.78 is 0. The fourth-order valence-corrected chi connectivity index (χ4v) is 3.29. The predicted molar refractivity (Wildman–Crippen MR) is 92.6 cm³/mol. The van der Waals surface area contributed by atoms with Crippen LogP contribution in [0.1, 0.15) is 22.8 Å². The molecule has 0 fully saturated rings. The van der Waals surface area contributed by atoms with E-state index >= 15 is 0 Å². The maximum absolute atomic E-state index is 12.3. The number of hydrogen-bond acceptors (Lipinski definition) is 3. The molecular weight excluding hydrogens is 290 g/mol. The molecule has 2 aromatic carbocycles. The van der Waals surface area contributed by atoms with Gasteiger partial charge < -0.3 is 0 Å². The van der Waals surface area contributed by atoms with Gasteiger partial charge in [-0.2, -0.15) is 0 Å². The summed E-state index contributed by atoms with van der Waals surface area (Å²) in [6.07, 6.45) is 2.79. The van der Waals surface area contributed by atoms with Crippen LogP contribution in [0.25, 0.3) is 10.9 Å². The highest BCUT2D eigenvalue weighted by atomic mass is 32.2. The Hall–Kier alpha value is -2.13. The number of aryl methyl sites for hydroxylation is 1. The molecule has 0 atom stereocenters. The molecule has 110 valence electrons. The summed E-state index contributed by atoms with van der Waals surface area (Å²) >= 11 is 1.57. The zero-order valence-electron chi connectivity index (χ0n) is 12.5. The van der Waals surface area contributed by atoms with Crippen molar-refractivity contribution in [1.29, 1.82) is 0 Å². The second kappa shape index (κ2) is 6.75. The molecule has 3 rings (SSSR count). The molecule has 2 nitrogen and oxygen atoms in total. The molecule has 0 amide bonds. The van der Waals surface area contributed by atoms with Crippen molar-refractivity contribution in [2.45, 2.75) is 18.2 Å². The standard InChI is InChI=1S/C19H17NOS/c1-2-14-7-9-15(10-8-14)18(21)13-22-19-11-12-20-17-6-4-3-5-16(17)19/h3-12H,2,13H2,1H3. The van der Waals surface area contributed by atoms with E-state index in [-0.39, 0.29) is 5.78 Å². The molecule has 0 saturated heterocycles. The van der Waals surface area contributed by atoms with Gasteiger partial charge >= 0.3 is 0 Å². The monoisotopic (exact) mass is 307 g/mol. The Kier molecular flexibility index (Phi) is 4.54. The normalized spacial score (nSPS) is 10.8. The Morgan fingerprint density at radius 2 is 1.82 bits per heavy atom. The first kappa shape index (κ1) is 14.8. The van der Waals surface area contributed by atoms with Crippen molar-refractivity contribution >= 4 is 28.4 Å². The zero-order valence-corrected chi connectivity index (χ0v) is 13.3. The molecule has 0 saturated carbocycles. The summed E-state index contributed by atoms with van der Waals surface area (Å²) in [5.41, 5.74) is 3.00. The molecule has 0 aliphatic carbocycles. The number of para-hydroxylation sites is 1. The topological polar surface area (TPSA) is 30.0 Å². The lowest BCUT2D eigenvalue weighted by Crippen LogP contribution is -2.02. The van der Waals surface area contributed by atoms with Crippen LogP contribution in [0.2, 0.25) is 0 Å². The van der Waals surface area contributed by atoms with Crippen molar-refractivity contribution in [3.63, 3.8) is 0 Å². The van der Waals surface area contributed by atoms with Gasteiger partial charge in [-0.1, -0.05) is 49.4 Å². The van der Waals surface area contributed by atoms with E-state index < -0.39 is 0 Å². The summed E-state index contributed by atoms with van der Waals surface area (Å²) in [6, 6.07) is 17.9. The molecule has 0 bridgehead atoms. The number of pyridine rings is 1. The fraction of sp³-hybridized carbons (Fsp3) is 0.158. The maximum atomic E-state index is 12.3. The van der Waals surface area contributed by atoms with Gasteiger partial charge in [0.05, 0.1) is 11.3 Å². The predicted octanol–water partition coefficient (Wildman–Crippen LogP) is 4.77. The van der Waals surface area contributed by atoms with E-state index in [0.29, 0.717) is 5.75 Å². The van der Waals surface area contributed by atoms with Crippen LogP contribution in [0.3, 0.4) is 0 Å². The number of nitrogens with zero attached hydrogens (tertiary/aromatic N) is 1. The number of rotatable bonds is 5. The van der Waals surface area contributed by atoms with Gasteiger partial charge in [-0.05, 0) is 24.1 Å². The average Bonchev–Trinajstić information content (AvgIpc) is 2.59. The lowest BCUT2D eigenvalue weighted by atomic mass is 10.1. The lowest BCUT2D eigenvalue weighted by molar-refractivity contribution is 0.102. The Labute approximate surface area is 134 Å². The van der Waals surface area contributed by atoms with Crippen LogP contribution in [0.4, 0.5) is 0 Å². The highest BCUT2D eigenvalue weighted by molar-refractivity contribution is 8.00. The number of ketones is 1. The van der Waals surface area contributed by atoms with Crippen molar-refractivity contribution in [1.82, 2.24) is 4.98 Å².